The summed E-state index contributed by atoms with van der Waals surface area (Å²) in [5, 5.41) is 8.95. The predicted octanol–water partition coefficient (Wildman–Crippen LogP) is 3.58. The van der Waals surface area contributed by atoms with Gasteiger partial charge >= 0.3 is 5.97 Å². The molecule has 3 nitrogen and oxygen atoms in total. The molecular formula is C16H16O3. The van der Waals surface area contributed by atoms with E-state index in [1.165, 1.54) is 5.56 Å². The molecule has 2 aromatic carbocycles. The molecular weight excluding hydrogens is 240 g/mol. The fraction of sp³-hybridized carbons (Fsp3) is 0.188. The summed E-state index contributed by atoms with van der Waals surface area (Å²) in [6.45, 7) is 4.28. The summed E-state index contributed by atoms with van der Waals surface area (Å²) < 4.78 is 5.65. The summed E-state index contributed by atoms with van der Waals surface area (Å²) in [6.07, 6.45) is 0. The summed E-state index contributed by atoms with van der Waals surface area (Å²) in [7, 11) is 0. The number of aryl methyl sites for hydroxylation is 2. The number of aromatic carboxylic acids is 1. The van der Waals surface area contributed by atoms with Crippen LogP contribution >= 0.6 is 0 Å². The number of ether oxygens (including phenoxy) is 1. The van der Waals surface area contributed by atoms with Gasteiger partial charge in [0.2, 0.25) is 0 Å². The summed E-state index contributed by atoms with van der Waals surface area (Å²) in [5.74, 6) is -0.231. The minimum Gasteiger partial charge on any atom is -0.489 e. The zero-order chi connectivity index (χ0) is 13.8. The molecule has 98 valence electrons. The third-order valence-electron chi connectivity index (χ3n) is 2.95. The van der Waals surface area contributed by atoms with Gasteiger partial charge in [-0.05, 0) is 43.2 Å². The number of carbonyl (C=O) groups is 1. The normalized spacial score (nSPS) is 10.2. The molecule has 0 saturated heterocycles. The number of carboxylic acid groups (broad SMARTS) is 1. The van der Waals surface area contributed by atoms with Gasteiger partial charge in [-0.25, -0.2) is 4.79 Å². The van der Waals surface area contributed by atoms with Crippen molar-refractivity contribution in [3.63, 3.8) is 0 Å². The van der Waals surface area contributed by atoms with Crippen LogP contribution in [-0.2, 0) is 6.61 Å². The van der Waals surface area contributed by atoms with Crippen molar-refractivity contribution in [3.8, 4) is 5.75 Å². The Bertz CT molecular complexity index is 585. The molecule has 0 radical (unpaired) electrons. The molecule has 0 aliphatic carbocycles. The van der Waals surface area contributed by atoms with Crippen molar-refractivity contribution in [1.29, 1.82) is 0 Å². The number of hydrogen-bond donors (Lipinski definition) is 1. The van der Waals surface area contributed by atoms with E-state index in [4.69, 9.17) is 9.84 Å². The Labute approximate surface area is 112 Å². The number of carboxylic acids is 1. The van der Waals surface area contributed by atoms with Crippen molar-refractivity contribution >= 4 is 5.97 Å². The molecule has 0 amide bonds. The summed E-state index contributed by atoms with van der Waals surface area (Å²) >= 11 is 0. The van der Waals surface area contributed by atoms with E-state index in [-0.39, 0.29) is 0 Å². The van der Waals surface area contributed by atoms with Gasteiger partial charge in [0, 0.05) is 0 Å². The quantitative estimate of drug-likeness (QED) is 0.909. The van der Waals surface area contributed by atoms with Crippen LogP contribution in [0, 0.1) is 13.8 Å². The summed E-state index contributed by atoms with van der Waals surface area (Å²) in [6, 6.07) is 13.1. The molecule has 2 rings (SSSR count). The fourth-order valence-corrected chi connectivity index (χ4v) is 1.82. The molecule has 19 heavy (non-hydrogen) atoms. The average molecular weight is 256 g/mol. The maximum atomic E-state index is 10.9. The van der Waals surface area contributed by atoms with Gasteiger partial charge in [0.1, 0.15) is 12.4 Å². The minimum atomic E-state index is -0.914. The van der Waals surface area contributed by atoms with Crippen molar-refractivity contribution in [1.82, 2.24) is 0 Å². The van der Waals surface area contributed by atoms with E-state index in [9.17, 15) is 4.79 Å². The molecule has 3 heteroatoms. The van der Waals surface area contributed by atoms with Gasteiger partial charge in [-0.3, -0.25) is 0 Å². The highest BCUT2D eigenvalue weighted by atomic mass is 16.5. The smallest absolute Gasteiger partial charge is 0.335 e. The minimum absolute atomic E-state index is 0.308. The van der Waals surface area contributed by atoms with Crippen molar-refractivity contribution in [2.75, 3.05) is 0 Å². The van der Waals surface area contributed by atoms with Crippen LogP contribution in [0.15, 0.2) is 42.5 Å². The molecule has 0 aliphatic rings. The highest BCUT2D eigenvalue weighted by Gasteiger charge is 2.07. The second-order valence-electron chi connectivity index (χ2n) is 4.56. The maximum absolute atomic E-state index is 10.9. The first-order valence-corrected chi connectivity index (χ1v) is 6.08. The molecule has 0 heterocycles. The molecule has 2 aromatic rings. The largest absolute Gasteiger partial charge is 0.489 e. The zero-order valence-corrected chi connectivity index (χ0v) is 11.0. The van der Waals surface area contributed by atoms with E-state index in [1.54, 1.807) is 25.1 Å². The van der Waals surface area contributed by atoms with Gasteiger partial charge < -0.3 is 9.84 Å². The van der Waals surface area contributed by atoms with Gasteiger partial charge in [-0.1, -0.05) is 29.8 Å². The standard InChI is InChI=1S/C16H16O3/c1-11-3-5-13(6-4-11)10-19-14-7-8-15(16(17)18)12(2)9-14/h3-9H,10H2,1-2H3,(H,17,18). The van der Waals surface area contributed by atoms with Gasteiger partial charge in [0.05, 0.1) is 5.56 Å². The third kappa shape index (κ3) is 3.35. The van der Waals surface area contributed by atoms with Crippen molar-refractivity contribution in [3.05, 3.63) is 64.7 Å². The monoisotopic (exact) mass is 256 g/mol. The molecule has 0 bridgehead atoms. The Kier molecular flexibility index (Phi) is 3.85. The van der Waals surface area contributed by atoms with Crippen LogP contribution in [0.2, 0.25) is 0 Å². The Morgan fingerprint density at radius 3 is 2.37 bits per heavy atom. The predicted molar refractivity (Wildman–Crippen MR) is 73.6 cm³/mol. The van der Waals surface area contributed by atoms with Crippen LogP contribution in [0.25, 0.3) is 0 Å². The van der Waals surface area contributed by atoms with Gasteiger partial charge in [0.15, 0.2) is 0 Å². The lowest BCUT2D eigenvalue weighted by molar-refractivity contribution is 0.0696. The lowest BCUT2D eigenvalue weighted by Gasteiger charge is -2.08. The fourth-order valence-electron chi connectivity index (χ4n) is 1.82. The van der Waals surface area contributed by atoms with E-state index in [2.05, 4.69) is 0 Å². The van der Waals surface area contributed by atoms with E-state index in [1.807, 2.05) is 31.2 Å². The Hall–Kier alpha value is -2.29. The third-order valence-corrected chi connectivity index (χ3v) is 2.95. The summed E-state index contributed by atoms with van der Waals surface area (Å²) in [5.41, 5.74) is 3.31. The van der Waals surface area contributed by atoms with Gasteiger partial charge in [-0.2, -0.15) is 0 Å². The Morgan fingerprint density at radius 2 is 1.79 bits per heavy atom. The first kappa shape index (κ1) is 13.1. The van der Waals surface area contributed by atoms with Gasteiger partial charge in [-0.15, -0.1) is 0 Å². The van der Waals surface area contributed by atoms with Crippen molar-refractivity contribution in [2.45, 2.75) is 20.5 Å². The lowest BCUT2D eigenvalue weighted by Crippen LogP contribution is -2.01. The Morgan fingerprint density at radius 1 is 1.11 bits per heavy atom. The van der Waals surface area contributed by atoms with E-state index in [0.29, 0.717) is 23.5 Å². The van der Waals surface area contributed by atoms with Crippen LogP contribution in [0.5, 0.6) is 5.75 Å². The van der Waals surface area contributed by atoms with Crippen LogP contribution < -0.4 is 4.74 Å². The van der Waals surface area contributed by atoms with Crippen LogP contribution in [-0.4, -0.2) is 11.1 Å². The SMILES string of the molecule is Cc1ccc(COc2ccc(C(=O)O)c(C)c2)cc1. The molecule has 0 fully saturated rings. The first-order valence-electron chi connectivity index (χ1n) is 6.08. The number of hydrogen-bond acceptors (Lipinski definition) is 2. The van der Waals surface area contributed by atoms with E-state index < -0.39 is 5.97 Å². The first-order chi connectivity index (χ1) is 9.06. The second-order valence-corrected chi connectivity index (χ2v) is 4.56. The second kappa shape index (κ2) is 5.57. The molecule has 0 aliphatic heterocycles. The lowest BCUT2D eigenvalue weighted by atomic mass is 10.1. The molecule has 0 spiro atoms. The van der Waals surface area contributed by atoms with Crippen molar-refractivity contribution in [2.24, 2.45) is 0 Å². The molecule has 0 aromatic heterocycles. The van der Waals surface area contributed by atoms with Crippen LogP contribution in [0.1, 0.15) is 27.0 Å². The number of rotatable bonds is 4. The molecule has 0 unspecified atom stereocenters. The highest BCUT2D eigenvalue weighted by Crippen LogP contribution is 2.18. The Balaban J connectivity index is 2.06. The average Bonchev–Trinajstić information content (AvgIpc) is 2.37. The van der Waals surface area contributed by atoms with Crippen LogP contribution in [0.4, 0.5) is 0 Å². The topological polar surface area (TPSA) is 46.5 Å². The van der Waals surface area contributed by atoms with E-state index in [0.717, 1.165) is 5.56 Å². The van der Waals surface area contributed by atoms with E-state index >= 15 is 0 Å². The zero-order valence-electron chi connectivity index (χ0n) is 11.0. The highest BCUT2D eigenvalue weighted by molar-refractivity contribution is 5.89. The van der Waals surface area contributed by atoms with Crippen LogP contribution in [0.3, 0.4) is 0 Å². The van der Waals surface area contributed by atoms with Crippen molar-refractivity contribution < 1.29 is 14.6 Å². The van der Waals surface area contributed by atoms with Gasteiger partial charge in [0.25, 0.3) is 0 Å². The molecule has 1 N–H and O–H groups in total. The molecule has 0 saturated carbocycles. The number of benzene rings is 2. The molecule has 0 atom stereocenters. The summed E-state index contributed by atoms with van der Waals surface area (Å²) in [4.78, 5) is 10.9. The maximum Gasteiger partial charge on any atom is 0.335 e.